The molecule has 1 fully saturated rings. The Morgan fingerprint density at radius 1 is 1.09 bits per heavy atom. The molecule has 1 N–H and O–H groups in total. The molecule has 34 heavy (non-hydrogen) atoms. The predicted molar refractivity (Wildman–Crippen MR) is 135 cm³/mol. The highest BCUT2D eigenvalue weighted by molar-refractivity contribution is 5.95. The number of allylic oxidation sites excluding steroid dienone is 1. The molecule has 176 valence electrons. The third kappa shape index (κ3) is 4.40. The van der Waals surface area contributed by atoms with Crippen molar-refractivity contribution in [1.82, 2.24) is 9.88 Å². The second-order valence-electron chi connectivity index (χ2n) is 9.34. The van der Waals surface area contributed by atoms with Gasteiger partial charge in [-0.2, -0.15) is 0 Å². The molecule has 0 bridgehead atoms. The third-order valence-electron chi connectivity index (χ3n) is 7.01. The monoisotopic (exact) mass is 456 g/mol. The summed E-state index contributed by atoms with van der Waals surface area (Å²) < 4.78 is 12.5. The van der Waals surface area contributed by atoms with Gasteiger partial charge in [0.15, 0.2) is 6.10 Å². The molecule has 0 amide bonds. The molecule has 3 heterocycles. The van der Waals surface area contributed by atoms with Crippen molar-refractivity contribution >= 4 is 11.1 Å². The maximum absolute atomic E-state index is 10.1. The third-order valence-corrected chi connectivity index (χ3v) is 7.01. The second-order valence-corrected chi connectivity index (χ2v) is 9.34. The summed E-state index contributed by atoms with van der Waals surface area (Å²) in [4.78, 5) is 7.14. The van der Waals surface area contributed by atoms with Gasteiger partial charge in [-0.3, -0.25) is 9.88 Å². The Balaban J connectivity index is 1.39. The summed E-state index contributed by atoms with van der Waals surface area (Å²) in [5.41, 5.74) is 6.02. The normalized spacial score (nSPS) is 18.3. The van der Waals surface area contributed by atoms with E-state index in [1.54, 1.807) is 12.1 Å². The van der Waals surface area contributed by atoms with Gasteiger partial charge in [0.25, 0.3) is 0 Å². The SMILES string of the molecule is CCC1CN(CCOc2ccc(C3Oc4ccc(O)cc4C(C)=C3c3ncccc3C)cc2)C1. The largest absolute Gasteiger partial charge is 0.508 e. The fraction of sp³-hybridized carbons (Fsp3) is 0.345. The van der Waals surface area contributed by atoms with Crippen LogP contribution in [0.2, 0.25) is 0 Å². The Labute approximate surface area is 201 Å². The van der Waals surface area contributed by atoms with Crippen molar-refractivity contribution in [3.8, 4) is 17.2 Å². The van der Waals surface area contributed by atoms with Gasteiger partial charge >= 0.3 is 0 Å². The van der Waals surface area contributed by atoms with Crippen LogP contribution in [0.1, 0.15) is 48.8 Å². The first kappa shape index (κ1) is 22.5. The Bertz CT molecular complexity index is 1200. The van der Waals surface area contributed by atoms with E-state index in [-0.39, 0.29) is 11.9 Å². The lowest BCUT2D eigenvalue weighted by atomic mass is 9.87. The van der Waals surface area contributed by atoms with Crippen molar-refractivity contribution in [1.29, 1.82) is 0 Å². The van der Waals surface area contributed by atoms with E-state index < -0.39 is 0 Å². The Morgan fingerprint density at radius 3 is 2.62 bits per heavy atom. The van der Waals surface area contributed by atoms with Crippen LogP contribution in [0.15, 0.2) is 60.8 Å². The van der Waals surface area contributed by atoms with Crippen LogP contribution in [0.25, 0.3) is 11.1 Å². The summed E-state index contributed by atoms with van der Waals surface area (Å²) in [6.45, 7) is 10.5. The lowest BCUT2D eigenvalue weighted by Gasteiger charge is -2.38. The Hall–Kier alpha value is -3.31. The molecule has 1 aromatic heterocycles. The van der Waals surface area contributed by atoms with E-state index in [0.29, 0.717) is 6.61 Å². The number of likely N-dealkylation sites (tertiary alicyclic amines) is 1. The van der Waals surface area contributed by atoms with E-state index in [4.69, 9.17) is 14.5 Å². The zero-order valence-corrected chi connectivity index (χ0v) is 20.1. The number of hydrogen-bond acceptors (Lipinski definition) is 5. The molecule has 2 aliphatic rings. The molecule has 5 nitrogen and oxygen atoms in total. The van der Waals surface area contributed by atoms with E-state index >= 15 is 0 Å². The number of rotatable bonds is 7. The highest BCUT2D eigenvalue weighted by Gasteiger charge is 2.31. The number of ether oxygens (including phenoxy) is 2. The van der Waals surface area contributed by atoms with Crippen LogP contribution in [0.5, 0.6) is 17.2 Å². The highest BCUT2D eigenvalue weighted by atomic mass is 16.5. The summed E-state index contributed by atoms with van der Waals surface area (Å²) in [5.74, 6) is 2.71. The molecule has 3 aromatic rings. The van der Waals surface area contributed by atoms with Crippen LogP contribution in [-0.2, 0) is 0 Å². The predicted octanol–water partition coefficient (Wildman–Crippen LogP) is 5.88. The van der Waals surface area contributed by atoms with Gasteiger partial charge in [-0.1, -0.05) is 31.5 Å². The molecule has 1 saturated heterocycles. The number of fused-ring (bicyclic) bond motifs is 1. The van der Waals surface area contributed by atoms with Gasteiger partial charge in [-0.15, -0.1) is 0 Å². The lowest BCUT2D eigenvalue weighted by Crippen LogP contribution is -2.47. The molecular weight excluding hydrogens is 424 g/mol. The van der Waals surface area contributed by atoms with Gasteiger partial charge in [0, 0.05) is 37.0 Å². The fourth-order valence-electron chi connectivity index (χ4n) is 4.89. The van der Waals surface area contributed by atoms with Gasteiger partial charge in [-0.25, -0.2) is 0 Å². The van der Waals surface area contributed by atoms with Crippen LogP contribution < -0.4 is 9.47 Å². The maximum Gasteiger partial charge on any atom is 0.151 e. The quantitative estimate of drug-likeness (QED) is 0.481. The van der Waals surface area contributed by atoms with Crippen molar-refractivity contribution in [2.75, 3.05) is 26.2 Å². The number of phenols is 1. The van der Waals surface area contributed by atoms with Crippen molar-refractivity contribution in [3.05, 3.63) is 83.2 Å². The molecule has 2 aliphatic heterocycles. The molecule has 2 aromatic carbocycles. The minimum absolute atomic E-state index is 0.224. The molecule has 5 heteroatoms. The summed E-state index contributed by atoms with van der Waals surface area (Å²) in [5, 5.41) is 10.1. The minimum Gasteiger partial charge on any atom is -0.508 e. The first-order valence-electron chi connectivity index (χ1n) is 12.1. The van der Waals surface area contributed by atoms with Crippen LogP contribution in [0.3, 0.4) is 0 Å². The molecule has 5 rings (SSSR count). The zero-order valence-electron chi connectivity index (χ0n) is 20.1. The number of aryl methyl sites for hydroxylation is 1. The minimum atomic E-state index is -0.299. The van der Waals surface area contributed by atoms with Gasteiger partial charge < -0.3 is 14.6 Å². The lowest BCUT2D eigenvalue weighted by molar-refractivity contribution is 0.0806. The van der Waals surface area contributed by atoms with Crippen LogP contribution >= 0.6 is 0 Å². The number of benzene rings is 2. The average Bonchev–Trinajstić information content (AvgIpc) is 2.82. The number of pyridine rings is 1. The molecule has 0 aliphatic carbocycles. The summed E-state index contributed by atoms with van der Waals surface area (Å²) >= 11 is 0. The van der Waals surface area contributed by atoms with E-state index in [1.165, 1.54) is 19.5 Å². The Morgan fingerprint density at radius 2 is 1.88 bits per heavy atom. The molecule has 1 atom stereocenters. The summed E-state index contributed by atoms with van der Waals surface area (Å²) in [7, 11) is 0. The average molecular weight is 457 g/mol. The first-order chi connectivity index (χ1) is 16.5. The maximum atomic E-state index is 10.1. The smallest absolute Gasteiger partial charge is 0.151 e. The number of nitrogens with zero attached hydrogens (tertiary/aromatic N) is 2. The van der Waals surface area contributed by atoms with E-state index in [9.17, 15) is 5.11 Å². The first-order valence-corrected chi connectivity index (χ1v) is 12.1. The molecule has 0 spiro atoms. The summed E-state index contributed by atoms with van der Waals surface area (Å²) in [6, 6.07) is 17.5. The van der Waals surface area contributed by atoms with Crippen molar-refractivity contribution in [2.24, 2.45) is 5.92 Å². The van der Waals surface area contributed by atoms with E-state index in [2.05, 4.69) is 43.9 Å². The zero-order chi connectivity index (χ0) is 23.7. The van der Waals surface area contributed by atoms with Crippen LogP contribution in [0, 0.1) is 12.8 Å². The number of phenolic OH excluding ortho intramolecular Hbond substituents is 1. The topological polar surface area (TPSA) is 54.8 Å². The molecule has 0 radical (unpaired) electrons. The van der Waals surface area contributed by atoms with E-state index in [0.717, 1.165) is 57.5 Å². The summed E-state index contributed by atoms with van der Waals surface area (Å²) in [6.07, 6.45) is 2.78. The van der Waals surface area contributed by atoms with Crippen LogP contribution in [0.4, 0.5) is 0 Å². The molecule has 1 unspecified atom stereocenters. The van der Waals surface area contributed by atoms with Crippen molar-refractivity contribution in [3.63, 3.8) is 0 Å². The molecular formula is C29H32N2O3. The number of aromatic hydroxyl groups is 1. The second kappa shape index (κ2) is 9.51. The van der Waals surface area contributed by atoms with Crippen molar-refractivity contribution in [2.45, 2.75) is 33.3 Å². The van der Waals surface area contributed by atoms with Gasteiger partial charge in [-0.05, 0) is 72.9 Å². The van der Waals surface area contributed by atoms with Gasteiger partial charge in [0.05, 0.1) is 5.69 Å². The fourth-order valence-corrected chi connectivity index (χ4v) is 4.89. The van der Waals surface area contributed by atoms with Gasteiger partial charge in [0.2, 0.25) is 0 Å². The van der Waals surface area contributed by atoms with E-state index in [1.807, 2.05) is 30.5 Å². The Kier molecular flexibility index (Phi) is 6.29. The van der Waals surface area contributed by atoms with Crippen molar-refractivity contribution < 1.29 is 14.6 Å². The van der Waals surface area contributed by atoms with Gasteiger partial charge in [0.1, 0.15) is 23.9 Å². The standard InChI is InChI=1S/C29H32N2O3/c1-4-21-17-31(18-21)14-15-33-24-10-7-22(8-11-24)29-27(28-19(2)6-5-13-30-28)20(3)25-16-23(32)9-12-26(25)34-29/h5-13,16,21,29,32H,4,14-15,17-18H2,1-3H3. The van der Waals surface area contributed by atoms with Crippen LogP contribution in [-0.4, -0.2) is 41.2 Å². The number of aromatic nitrogens is 1. The molecule has 0 saturated carbocycles. The number of hydrogen-bond donors (Lipinski definition) is 1. The highest BCUT2D eigenvalue weighted by Crippen LogP contribution is 2.47.